The van der Waals surface area contributed by atoms with E-state index < -0.39 is 17.9 Å². The van der Waals surface area contributed by atoms with Gasteiger partial charge in [0, 0.05) is 17.5 Å². The number of hydrogen-bond donors (Lipinski definition) is 2. The Bertz CT molecular complexity index is 1110. The van der Waals surface area contributed by atoms with Crippen LogP contribution in [0.3, 0.4) is 0 Å². The third-order valence-electron chi connectivity index (χ3n) is 6.06. The van der Waals surface area contributed by atoms with Crippen molar-refractivity contribution in [2.45, 2.75) is 50.7 Å². The largest absolute Gasteiger partial charge is 0.459 e. The highest BCUT2D eigenvalue weighted by molar-refractivity contribution is 7.10. The summed E-state index contributed by atoms with van der Waals surface area (Å²) in [5.41, 5.74) is 0.670. The number of nitrogens with zero attached hydrogens (tertiary/aromatic N) is 1. The Morgan fingerprint density at radius 3 is 2.49 bits per heavy atom. The molecule has 2 heterocycles. The molecule has 0 unspecified atom stereocenters. The van der Waals surface area contributed by atoms with E-state index in [1.807, 2.05) is 17.5 Å². The Morgan fingerprint density at radius 1 is 1.06 bits per heavy atom. The second-order valence-electron chi connectivity index (χ2n) is 8.57. The lowest BCUT2D eigenvalue weighted by Crippen LogP contribution is -2.48. The Kier molecular flexibility index (Phi) is 8.31. The van der Waals surface area contributed by atoms with E-state index in [9.17, 15) is 18.8 Å². The molecule has 1 aromatic carbocycles. The molecule has 3 amide bonds. The van der Waals surface area contributed by atoms with Gasteiger partial charge in [-0.2, -0.15) is 0 Å². The van der Waals surface area contributed by atoms with Gasteiger partial charge < -0.3 is 20.0 Å². The molecule has 4 rings (SSSR count). The van der Waals surface area contributed by atoms with E-state index in [1.54, 1.807) is 18.2 Å². The summed E-state index contributed by atoms with van der Waals surface area (Å²) in [5.74, 6) is -1.52. The minimum Gasteiger partial charge on any atom is -0.459 e. The van der Waals surface area contributed by atoms with E-state index in [4.69, 9.17) is 4.42 Å². The smallest absolute Gasteiger partial charge is 0.287 e. The number of carbonyl (C=O) groups excluding carboxylic acids is 3. The summed E-state index contributed by atoms with van der Waals surface area (Å²) < 4.78 is 18.6. The second-order valence-corrected chi connectivity index (χ2v) is 9.55. The maximum Gasteiger partial charge on any atom is 0.287 e. The fraction of sp³-hybridized carbons (Fsp3) is 0.346. The van der Waals surface area contributed by atoms with Crippen LogP contribution in [-0.4, -0.2) is 35.2 Å². The van der Waals surface area contributed by atoms with Crippen LogP contribution in [0.4, 0.5) is 4.39 Å². The van der Waals surface area contributed by atoms with E-state index in [1.165, 1.54) is 40.7 Å². The zero-order valence-corrected chi connectivity index (χ0v) is 20.1. The van der Waals surface area contributed by atoms with Crippen molar-refractivity contribution in [1.82, 2.24) is 15.5 Å². The number of hydrogen-bond acceptors (Lipinski definition) is 5. The summed E-state index contributed by atoms with van der Waals surface area (Å²) in [5, 5.41) is 7.56. The zero-order chi connectivity index (χ0) is 24.6. The van der Waals surface area contributed by atoms with Gasteiger partial charge in [0.2, 0.25) is 11.8 Å². The summed E-state index contributed by atoms with van der Waals surface area (Å²) in [6.45, 7) is -0.240. The van der Waals surface area contributed by atoms with Crippen molar-refractivity contribution in [3.8, 4) is 0 Å². The van der Waals surface area contributed by atoms with Crippen molar-refractivity contribution >= 4 is 29.1 Å². The summed E-state index contributed by atoms with van der Waals surface area (Å²) in [6, 6.07) is 11.7. The highest BCUT2D eigenvalue weighted by atomic mass is 32.1. The van der Waals surface area contributed by atoms with Gasteiger partial charge in [-0.25, -0.2) is 4.39 Å². The minimum atomic E-state index is -0.880. The molecule has 0 spiro atoms. The van der Waals surface area contributed by atoms with Crippen molar-refractivity contribution < 1.29 is 23.2 Å². The fourth-order valence-electron chi connectivity index (χ4n) is 4.26. The van der Waals surface area contributed by atoms with Crippen molar-refractivity contribution in [2.75, 3.05) is 6.54 Å². The van der Waals surface area contributed by atoms with Crippen LogP contribution in [0, 0.1) is 5.82 Å². The molecule has 35 heavy (non-hydrogen) atoms. The van der Waals surface area contributed by atoms with E-state index in [0.717, 1.165) is 32.1 Å². The van der Waals surface area contributed by atoms with Crippen molar-refractivity contribution in [3.63, 3.8) is 0 Å². The first-order chi connectivity index (χ1) is 17.0. The van der Waals surface area contributed by atoms with Gasteiger partial charge in [0.05, 0.1) is 12.8 Å². The number of amides is 3. The van der Waals surface area contributed by atoms with Gasteiger partial charge in [-0.3, -0.25) is 14.4 Å². The van der Waals surface area contributed by atoms with Gasteiger partial charge in [-0.15, -0.1) is 11.3 Å². The quantitative estimate of drug-likeness (QED) is 0.458. The van der Waals surface area contributed by atoms with Crippen molar-refractivity contribution in [3.05, 3.63) is 82.2 Å². The van der Waals surface area contributed by atoms with E-state index >= 15 is 0 Å². The van der Waals surface area contributed by atoms with Crippen LogP contribution in [0.5, 0.6) is 0 Å². The first kappa shape index (κ1) is 24.7. The van der Waals surface area contributed by atoms with Crippen molar-refractivity contribution in [2.24, 2.45) is 0 Å². The van der Waals surface area contributed by atoms with Crippen LogP contribution < -0.4 is 10.6 Å². The molecule has 2 N–H and O–H groups in total. The molecule has 2 aromatic heterocycles. The van der Waals surface area contributed by atoms with Crippen LogP contribution >= 0.6 is 11.3 Å². The average Bonchev–Trinajstić information content (AvgIpc) is 3.59. The molecule has 1 fully saturated rings. The number of furan rings is 1. The predicted octanol–water partition coefficient (Wildman–Crippen LogP) is 4.43. The van der Waals surface area contributed by atoms with Gasteiger partial charge in [-0.05, 0) is 54.1 Å². The van der Waals surface area contributed by atoms with E-state index in [-0.39, 0.29) is 36.6 Å². The normalized spacial score (nSPS) is 14.8. The molecule has 0 bridgehead atoms. The molecule has 1 aliphatic rings. The lowest BCUT2D eigenvalue weighted by Gasteiger charge is -2.33. The fourth-order valence-corrected chi connectivity index (χ4v) is 5.10. The van der Waals surface area contributed by atoms with Gasteiger partial charge in [0.1, 0.15) is 11.9 Å². The molecule has 1 aliphatic carbocycles. The summed E-state index contributed by atoms with van der Waals surface area (Å²) >= 11 is 1.39. The van der Waals surface area contributed by atoms with Gasteiger partial charge >= 0.3 is 0 Å². The molecule has 0 saturated heterocycles. The second kappa shape index (κ2) is 11.8. The minimum absolute atomic E-state index is 0.0696. The van der Waals surface area contributed by atoms with Crippen molar-refractivity contribution in [1.29, 1.82) is 0 Å². The number of carbonyl (C=O) groups is 3. The van der Waals surface area contributed by atoms with Crippen LogP contribution in [0.15, 0.2) is 64.6 Å². The Balaban J connectivity index is 1.58. The molecule has 1 saturated carbocycles. The monoisotopic (exact) mass is 497 g/mol. The first-order valence-corrected chi connectivity index (χ1v) is 12.6. The number of benzene rings is 1. The van der Waals surface area contributed by atoms with Crippen LogP contribution in [0.1, 0.15) is 59.1 Å². The molecular formula is C26H28FN3O4S. The SMILES string of the molecule is O=C(NCC(=O)N(Cc1ccc(F)cc1)[C@@H](C(=O)NC1CCCCC1)c1cccs1)c1ccco1. The summed E-state index contributed by atoms with van der Waals surface area (Å²) in [4.78, 5) is 41.5. The lowest BCUT2D eigenvalue weighted by molar-refractivity contribution is -0.141. The molecule has 0 radical (unpaired) electrons. The van der Waals surface area contributed by atoms with Crippen LogP contribution in [-0.2, 0) is 16.1 Å². The zero-order valence-electron chi connectivity index (χ0n) is 19.2. The molecule has 0 aliphatic heterocycles. The molecule has 7 nitrogen and oxygen atoms in total. The summed E-state index contributed by atoms with van der Waals surface area (Å²) in [7, 11) is 0. The topological polar surface area (TPSA) is 91.7 Å². The van der Waals surface area contributed by atoms with E-state index in [2.05, 4.69) is 10.6 Å². The Hall–Kier alpha value is -3.46. The molecule has 9 heteroatoms. The third-order valence-corrected chi connectivity index (χ3v) is 6.98. The highest BCUT2D eigenvalue weighted by Gasteiger charge is 2.34. The first-order valence-electron chi connectivity index (χ1n) is 11.7. The standard InChI is InChI=1S/C26H28FN3O4S/c27-19-12-10-18(11-13-19)17-30(23(31)16-28-25(32)21-8-4-14-34-21)24(22-9-5-15-35-22)26(33)29-20-6-2-1-3-7-20/h4-5,8-15,20,24H,1-3,6-7,16-17H2,(H,28,32)(H,29,33)/t24-/m1/s1. The van der Waals surface area contributed by atoms with Crippen LogP contribution in [0.25, 0.3) is 0 Å². The highest BCUT2D eigenvalue weighted by Crippen LogP contribution is 2.29. The summed E-state index contributed by atoms with van der Waals surface area (Å²) in [6.07, 6.45) is 6.48. The Labute approximate surface area is 207 Å². The van der Waals surface area contributed by atoms with Gasteiger partial charge in [0.25, 0.3) is 5.91 Å². The molecule has 184 valence electrons. The predicted molar refractivity (Wildman–Crippen MR) is 130 cm³/mol. The number of rotatable bonds is 9. The van der Waals surface area contributed by atoms with E-state index in [0.29, 0.717) is 10.4 Å². The van der Waals surface area contributed by atoms with Gasteiger partial charge in [0.15, 0.2) is 5.76 Å². The molecule has 3 aromatic rings. The third kappa shape index (κ3) is 6.57. The maximum absolute atomic E-state index is 13.6. The Morgan fingerprint density at radius 2 is 1.83 bits per heavy atom. The van der Waals surface area contributed by atoms with Crippen LogP contribution in [0.2, 0.25) is 0 Å². The van der Waals surface area contributed by atoms with Gasteiger partial charge in [-0.1, -0.05) is 37.5 Å². The molecular weight excluding hydrogens is 469 g/mol. The maximum atomic E-state index is 13.6. The lowest BCUT2D eigenvalue weighted by atomic mass is 9.95. The average molecular weight is 498 g/mol. The number of thiophene rings is 1. The number of halogens is 1. The molecule has 1 atom stereocenters. The number of nitrogens with one attached hydrogen (secondary N) is 2.